The lowest BCUT2D eigenvalue weighted by Crippen LogP contribution is -2.45. The van der Waals surface area contributed by atoms with Gasteiger partial charge in [-0.2, -0.15) is 13.2 Å². The number of hydrogen-bond acceptors (Lipinski definition) is 8. The van der Waals surface area contributed by atoms with Crippen molar-refractivity contribution in [3.63, 3.8) is 0 Å². The predicted molar refractivity (Wildman–Crippen MR) is 131 cm³/mol. The minimum Gasteiger partial charge on any atom is -0.497 e. The molecule has 2 aliphatic rings. The maximum absolute atomic E-state index is 12.8. The second-order valence-electron chi connectivity index (χ2n) is 8.97. The zero-order valence-electron chi connectivity index (χ0n) is 20.5. The Kier molecular flexibility index (Phi) is 7.27. The number of ether oxygens (including phenoxy) is 4. The number of nitrogens with zero attached hydrogens (tertiary/aromatic N) is 3. The van der Waals surface area contributed by atoms with Crippen molar-refractivity contribution in [2.24, 2.45) is 0 Å². The fraction of sp³-hybridized carbons (Fsp3) is 0.400. The van der Waals surface area contributed by atoms with Crippen molar-refractivity contribution in [3.8, 4) is 23.1 Å². The molecule has 0 atom stereocenters. The maximum Gasteiger partial charge on any atom is 0.422 e. The van der Waals surface area contributed by atoms with E-state index in [9.17, 15) is 18.0 Å². The van der Waals surface area contributed by atoms with Crippen molar-refractivity contribution >= 4 is 22.9 Å². The maximum atomic E-state index is 12.8. The topological polar surface area (TPSA) is 107 Å². The first-order valence-electron chi connectivity index (χ1n) is 12.0. The Morgan fingerprint density at radius 1 is 1.08 bits per heavy atom. The van der Waals surface area contributed by atoms with E-state index < -0.39 is 24.7 Å². The number of urea groups is 1. The number of fused-ring (bicyclic) bond motifs is 2. The number of carbonyl (C=O) groups excluding carboxylic acids is 1. The van der Waals surface area contributed by atoms with Crippen LogP contribution in [0.5, 0.6) is 23.1 Å². The Bertz CT molecular complexity index is 1310. The van der Waals surface area contributed by atoms with Gasteiger partial charge < -0.3 is 24.3 Å². The molecular formula is C25H26F3N5O5. The van der Waals surface area contributed by atoms with E-state index in [-0.39, 0.29) is 18.7 Å². The van der Waals surface area contributed by atoms with Gasteiger partial charge in [0, 0.05) is 31.7 Å². The average Bonchev–Trinajstić information content (AvgIpc) is 3.36. The van der Waals surface area contributed by atoms with Gasteiger partial charge in [0.2, 0.25) is 6.79 Å². The lowest BCUT2D eigenvalue weighted by molar-refractivity contribution is -0.153. The summed E-state index contributed by atoms with van der Waals surface area (Å²) in [7, 11) is 1.47. The van der Waals surface area contributed by atoms with Gasteiger partial charge >= 0.3 is 12.2 Å². The van der Waals surface area contributed by atoms with Crippen molar-refractivity contribution in [1.29, 1.82) is 0 Å². The summed E-state index contributed by atoms with van der Waals surface area (Å²) in [5.74, 6) is 1.33. The highest BCUT2D eigenvalue weighted by atomic mass is 19.4. The Balaban J connectivity index is 1.20. The summed E-state index contributed by atoms with van der Waals surface area (Å²) in [5.41, 5.74) is 1.73. The quantitative estimate of drug-likeness (QED) is 0.468. The van der Waals surface area contributed by atoms with Gasteiger partial charge in [-0.1, -0.05) is 6.07 Å². The monoisotopic (exact) mass is 533 g/mol. The molecule has 1 saturated heterocycles. The van der Waals surface area contributed by atoms with E-state index >= 15 is 0 Å². The van der Waals surface area contributed by atoms with Crippen molar-refractivity contribution in [3.05, 3.63) is 42.0 Å². The Morgan fingerprint density at radius 3 is 2.63 bits per heavy atom. The molecule has 2 N–H and O–H groups in total. The lowest BCUT2D eigenvalue weighted by Gasteiger charge is -2.32. The van der Waals surface area contributed by atoms with Crippen LogP contribution in [0.2, 0.25) is 0 Å². The first-order chi connectivity index (χ1) is 18.3. The van der Waals surface area contributed by atoms with Crippen LogP contribution < -0.4 is 29.6 Å². The third-order valence-corrected chi connectivity index (χ3v) is 6.21. The molecule has 0 radical (unpaired) electrons. The third kappa shape index (κ3) is 6.28. The van der Waals surface area contributed by atoms with E-state index in [1.165, 1.54) is 7.11 Å². The zero-order valence-corrected chi connectivity index (χ0v) is 20.5. The van der Waals surface area contributed by atoms with E-state index in [0.717, 1.165) is 36.7 Å². The first-order valence-corrected chi connectivity index (χ1v) is 12.0. The molecule has 5 rings (SSSR count). The van der Waals surface area contributed by atoms with Gasteiger partial charge in [-0.3, -0.25) is 10.2 Å². The number of carbonyl (C=O) groups is 1. The van der Waals surface area contributed by atoms with Crippen LogP contribution in [-0.2, 0) is 6.54 Å². The number of amides is 2. The lowest BCUT2D eigenvalue weighted by atomic mass is 10.0. The van der Waals surface area contributed by atoms with E-state index in [0.29, 0.717) is 29.6 Å². The third-order valence-electron chi connectivity index (χ3n) is 6.21. The van der Waals surface area contributed by atoms with Gasteiger partial charge in [0.15, 0.2) is 23.9 Å². The van der Waals surface area contributed by atoms with Crippen molar-refractivity contribution in [2.45, 2.75) is 31.6 Å². The minimum absolute atomic E-state index is 0.115. The largest absolute Gasteiger partial charge is 0.497 e. The Labute approximate surface area is 216 Å². The molecule has 10 nitrogen and oxygen atoms in total. The molecule has 0 aliphatic carbocycles. The Morgan fingerprint density at radius 2 is 1.87 bits per heavy atom. The molecule has 0 spiro atoms. The number of benzene rings is 2. The minimum atomic E-state index is -4.58. The highest BCUT2D eigenvalue weighted by molar-refractivity contribution is 5.91. The molecule has 0 bridgehead atoms. The molecule has 0 saturated carbocycles. The standard InChI is InChI=1S/C25H26F3N5O5/c1-35-17-3-4-18-19(11-17)30-22(23(31-18)36-13-25(26,27)28)32-24(34)29-16-6-8-33(9-7-16)12-15-2-5-20-21(10-15)38-14-37-20/h2-5,10-11,16H,6-9,12-14H2,1H3,(H2,29,30,32,34). The number of nitrogens with one attached hydrogen (secondary N) is 2. The molecule has 3 aromatic rings. The molecule has 38 heavy (non-hydrogen) atoms. The fourth-order valence-corrected chi connectivity index (χ4v) is 4.34. The van der Waals surface area contributed by atoms with Gasteiger partial charge in [0.05, 0.1) is 18.1 Å². The molecule has 2 aromatic carbocycles. The van der Waals surface area contributed by atoms with Gasteiger partial charge in [-0.05, 0) is 42.7 Å². The molecule has 2 amide bonds. The summed E-state index contributed by atoms with van der Waals surface area (Å²) in [5, 5.41) is 5.37. The van der Waals surface area contributed by atoms with Gasteiger partial charge in [-0.25, -0.2) is 14.8 Å². The van der Waals surface area contributed by atoms with Crippen LogP contribution in [0.3, 0.4) is 0 Å². The second-order valence-corrected chi connectivity index (χ2v) is 8.97. The molecule has 13 heteroatoms. The number of anilines is 1. The van der Waals surface area contributed by atoms with Crippen molar-refractivity contribution < 1.29 is 36.9 Å². The highest BCUT2D eigenvalue weighted by Crippen LogP contribution is 2.33. The first kappa shape index (κ1) is 25.6. The number of piperidine rings is 1. The molecule has 2 aliphatic heterocycles. The van der Waals surface area contributed by atoms with Crippen LogP contribution in [0.4, 0.5) is 23.8 Å². The number of halogens is 3. The predicted octanol–water partition coefficient (Wildman–Crippen LogP) is 4.09. The molecule has 202 valence electrons. The molecule has 0 unspecified atom stereocenters. The fourth-order valence-electron chi connectivity index (χ4n) is 4.34. The van der Waals surface area contributed by atoms with E-state index in [1.807, 2.05) is 18.2 Å². The summed E-state index contributed by atoms with van der Waals surface area (Å²) in [6.07, 6.45) is -3.17. The molecule has 1 fully saturated rings. The number of methoxy groups -OCH3 is 1. The van der Waals surface area contributed by atoms with Crippen LogP contribution in [0.15, 0.2) is 36.4 Å². The van der Waals surface area contributed by atoms with Crippen LogP contribution in [0.1, 0.15) is 18.4 Å². The van der Waals surface area contributed by atoms with E-state index in [4.69, 9.17) is 18.9 Å². The number of likely N-dealkylation sites (tertiary alicyclic amines) is 1. The summed E-state index contributed by atoms with van der Waals surface area (Å²) in [4.78, 5) is 23.4. The van der Waals surface area contributed by atoms with Crippen molar-refractivity contribution in [1.82, 2.24) is 20.2 Å². The molecule has 3 heterocycles. The van der Waals surface area contributed by atoms with Crippen LogP contribution in [0, 0.1) is 0 Å². The second kappa shape index (κ2) is 10.8. The van der Waals surface area contributed by atoms with E-state index in [1.54, 1.807) is 18.2 Å². The molecular weight excluding hydrogens is 507 g/mol. The van der Waals surface area contributed by atoms with Gasteiger partial charge in [0.1, 0.15) is 5.75 Å². The van der Waals surface area contributed by atoms with Crippen LogP contribution in [0.25, 0.3) is 11.0 Å². The number of aromatic nitrogens is 2. The average molecular weight is 534 g/mol. The van der Waals surface area contributed by atoms with Crippen LogP contribution >= 0.6 is 0 Å². The zero-order chi connectivity index (χ0) is 26.7. The normalized spacial score (nSPS) is 15.9. The van der Waals surface area contributed by atoms with Gasteiger partial charge in [-0.15, -0.1) is 0 Å². The summed E-state index contributed by atoms with van der Waals surface area (Å²) >= 11 is 0. The van der Waals surface area contributed by atoms with E-state index in [2.05, 4.69) is 25.5 Å². The summed E-state index contributed by atoms with van der Waals surface area (Å²) < 4.78 is 59.2. The van der Waals surface area contributed by atoms with Crippen molar-refractivity contribution in [2.75, 3.05) is 38.9 Å². The Hall–Kier alpha value is -4.00. The summed E-state index contributed by atoms with van der Waals surface area (Å²) in [6, 6.07) is 9.86. The SMILES string of the molecule is COc1ccc2nc(OCC(F)(F)F)c(NC(=O)NC3CCN(Cc4ccc5c(c4)OCO5)CC3)nc2c1. The summed E-state index contributed by atoms with van der Waals surface area (Å²) in [6.45, 7) is 0.920. The number of hydrogen-bond donors (Lipinski definition) is 2. The van der Waals surface area contributed by atoms with Crippen LogP contribution in [-0.4, -0.2) is 66.7 Å². The van der Waals surface area contributed by atoms with Gasteiger partial charge in [0.25, 0.3) is 5.88 Å². The molecule has 1 aromatic heterocycles. The highest BCUT2D eigenvalue weighted by Gasteiger charge is 2.30. The smallest absolute Gasteiger partial charge is 0.422 e. The number of alkyl halides is 3. The number of rotatable bonds is 7.